The first-order chi connectivity index (χ1) is 10.5. The Kier molecular flexibility index (Phi) is 5.25. The summed E-state index contributed by atoms with van der Waals surface area (Å²) in [5.74, 6) is -0.850. The normalized spacial score (nSPS) is 10.0. The van der Waals surface area contributed by atoms with Crippen LogP contribution in [0.5, 0.6) is 0 Å². The number of anilines is 1. The molecule has 2 aromatic carbocycles. The van der Waals surface area contributed by atoms with Crippen LogP contribution in [0.3, 0.4) is 0 Å². The molecule has 0 amide bonds. The molecule has 0 saturated carbocycles. The molecule has 22 heavy (non-hydrogen) atoms. The van der Waals surface area contributed by atoms with Gasteiger partial charge in [0.05, 0.1) is 0 Å². The molecule has 0 fully saturated rings. The van der Waals surface area contributed by atoms with E-state index in [0.29, 0.717) is 6.42 Å². The van der Waals surface area contributed by atoms with Crippen molar-refractivity contribution in [1.29, 1.82) is 0 Å². The van der Waals surface area contributed by atoms with E-state index < -0.39 is 5.97 Å². The van der Waals surface area contributed by atoms with Crippen LogP contribution in [0.4, 0.5) is 5.69 Å². The van der Waals surface area contributed by atoms with E-state index in [-0.39, 0.29) is 11.3 Å². The second-order valence-electron chi connectivity index (χ2n) is 4.87. The van der Waals surface area contributed by atoms with E-state index in [1.807, 2.05) is 24.3 Å². The zero-order valence-electron chi connectivity index (χ0n) is 12.0. The third kappa shape index (κ3) is 4.13. The van der Waals surface area contributed by atoms with Crippen molar-refractivity contribution in [3.05, 3.63) is 65.2 Å². The first-order valence-corrected chi connectivity index (χ1v) is 7.55. The number of hydrogen-bond acceptors (Lipinski definition) is 3. The van der Waals surface area contributed by atoms with Crippen molar-refractivity contribution in [3.63, 3.8) is 0 Å². The Hall–Kier alpha value is -2.23. The third-order valence-electron chi connectivity index (χ3n) is 3.09. The number of nitrogens with one attached hydrogen (secondary N) is 1. The number of hydrogen-bond donors (Lipinski definition) is 2. The first kappa shape index (κ1) is 16.1. The van der Waals surface area contributed by atoms with Gasteiger partial charge < -0.3 is 0 Å². The average molecular weight is 360 g/mol. The van der Waals surface area contributed by atoms with Crippen LogP contribution in [0.25, 0.3) is 0 Å². The van der Waals surface area contributed by atoms with Gasteiger partial charge in [-0.15, -0.1) is 0 Å². The molecule has 2 aromatic rings. The van der Waals surface area contributed by atoms with Crippen LogP contribution < -0.4 is 5.32 Å². The molecule has 2 N–H and O–H groups in total. The van der Waals surface area contributed by atoms with Gasteiger partial charge in [0.2, 0.25) is 0 Å². The first-order valence-electron chi connectivity index (χ1n) is 6.69. The predicted molar refractivity (Wildman–Crippen MR) is 87.7 cm³/mol. The molecular weight excluding hydrogens is 345 g/mol. The van der Waals surface area contributed by atoms with Gasteiger partial charge in [-0.2, -0.15) is 0 Å². The molecule has 0 aliphatic heterocycles. The summed E-state index contributed by atoms with van der Waals surface area (Å²) >= 11 is 2.97. The average Bonchev–Trinajstić information content (AvgIpc) is 2.47. The molecule has 0 aliphatic rings. The van der Waals surface area contributed by atoms with E-state index in [1.54, 1.807) is 31.2 Å². The number of rotatable bonds is 6. The Balaban J connectivity index is 2.18. The molecule has 0 bridgehead atoms. The topological polar surface area (TPSA) is 66.4 Å². The Bertz CT molecular complexity index is 723. The van der Waals surface area contributed by atoms with Crippen molar-refractivity contribution < 1.29 is 14.7 Å². The van der Waals surface area contributed by atoms with Crippen LogP contribution in [0.15, 0.2) is 48.5 Å². The van der Waals surface area contributed by atoms with Gasteiger partial charge >= 0.3 is 136 Å². The van der Waals surface area contributed by atoms with E-state index in [2.05, 4.69) is 20.9 Å². The molecule has 2 rings (SSSR count). The van der Waals surface area contributed by atoms with E-state index in [9.17, 15) is 9.59 Å². The van der Waals surface area contributed by atoms with Crippen molar-refractivity contribution in [2.45, 2.75) is 13.3 Å². The SMILES string of the molecule is CC(=O)Cc1ccccc1C(=[Se])Nc1ccc(C(=O)O)cc1. The number of Topliss-reactive ketones (excluding diaryl/α,β-unsaturated/α-hetero) is 1. The van der Waals surface area contributed by atoms with E-state index in [0.717, 1.165) is 21.4 Å². The van der Waals surface area contributed by atoms with Gasteiger partial charge in [0.15, 0.2) is 0 Å². The third-order valence-corrected chi connectivity index (χ3v) is 3.77. The van der Waals surface area contributed by atoms with Crippen molar-refractivity contribution in [2.24, 2.45) is 0 Å². The van der Waals surface area contributed by atoms with Gasteiger partial charge in [-0.25, -0.2) is 0 Å². The van der Waals surface area contributed by atoms with Gasteiger partial charge in [0.25, 0.3) is 0 Å². The fraction of sp³-hybridized carbons (Fsp3) is 0.118. The Morgan fingerprint density at radius 3 is 2.32 bits per heavy atom. The van der Waals surface area contributed by atoms with Crippen LogP contribution in [0.1, 0.15) is 28.4 Å². The standard InChI is InChI=1S/C17H15NO3Se/c1-11(19)10-13-4-2-3-5-15(13)16(22)18-14-8-6-12(7-9-14)17(20)21/h2-9H,10H2,1H3,(H,18,22)(H,20,21). The summed E-state index contributed by atoms with van der Waals surface area (Å²) in [6.45, 7) is 1.56. The monoisotopic (exact) mass is 361 g/mol. The molecule has 0 aromatic heterocycles. The van der Waals surface area contributed by atoms with Crippen molar-refractivity contribution in [2.75, 3.05) is 5.32 Å². The molecule has 4 nitrogen and oxygen atoms in total. The van der Waals surface area contributed by atoms with Gasteiger partial charge in [-0.05, 0) is 0 Å². The minimum atomic E-state index is -0.953. The predicted octanol–water partition coefficient (Wildman–Crippen LogP) is 2.27. The van der Waals surface area contributed by atoms with E-state index >= 15 is 0 Å². The van der Waals surface area contributed by atoms with Crippen LogP contribution >= 0.6 is 0 Å². The van der Waals surface area contributed by atoms with Crippen molar-refractivity contribution >= 4 is 37.6 Å². The Labute approximate surface area is 136 Å². The number of carbonyl (C=O) groups is 2. The molecule has 0 aliphatic carbocycles. The summed E-state index contributed by atoms with van der Waals surface area (Å²) < 4.78 is 0.792. The van der Waals surface area contributed by atoms with E-state index in [4.69, 9.17) is 5.11 Å². The maximum atomic E-state index is 11.4. The molecule has 112 valence electrons. The minimum absolute atomic E-state index is 0.103. The molecule has 0 spiro atoms. The molecule has 0 unspecified atom stereocenters. The molecule has 0 heterocycles. The van der Waals surface area contributed by atoms with Crippen LogP contribution in [-0.4, -0.2) is 37.0 Å². The fourth-order valence-electron chi connectivity index (χ4n) is 2.06. The van der Waals surface area contributed by atoms with Gasteiger partial charge in [0.1, 0.15) is 0 Å². The fourth-order valence-corrected chi connectivity index (χ4v) is 2.72. The van der Waals surface area contributed by atoms with Gasteiger partial charge in [-0.1, -0.05) is 0 Å². The van der Waals surface area contributed by atoms with Crippen LogP contribution in [0, 0.1) is 0 Å². The number of carboxylic acid groups (broad SMARTS) is 1. The quantitative estimate of drug-likeness (QED) is 0.776. The molecule has 0 atom stereocenters. The zero-order valence-corrected chi connectivity index (χ0v) is 13.7. The summed E-state index contributed by atoms with van der Waals surface area (Å²) in [7, 11) is 0. The molecule has 0 saturated heterocycles. The summed E-state index contributed by atoms with van der Waals surface area (Å²) in [5.41, 5.74) is 2.89. The number of ketones is 1. The second kappa shape index (κ2) is 7.16. The summed E-state index contributed by atoms with van der Waals surface area (Å²) in [6, 6.07) is 14.1. The van der Waals surface area contributed by atoms with Crippen molar-refractivity contribution in [1.82, 2.24) is 0 Å². The Morgan fingerprint density at radius 1 is 1.09 bits per heavy atom. The molecular formula is C17H15NO3Se. The van der Waals surface area contributed by atoms with Crippen LogP contribution in [0.2, 0.25) is 0 Å². The van der Waals surface area contributed by atoms with E-state index in [1.165, 1.54) is 0 Å². The number of aromatic carboxylic acids is 1. The Morgan fingerprint density at radius 2 is 1.73 bits per heavy atom. The van der Waals surface area contributed by atoms with Gasteiger partial charge in [0, 0.05) is 0 Å². The number of carboxylic acids is 1. The second-order valence-corrected chi connectivity index (χ2v) is 5.73. The zero-order chi connectivity index (χ0) is 16.1. The maximum absolute atomic E-state index is 11.4. The summed E-state index contributed by atoms with van der Waals surface area (Å²) in [4.78, 5) is 22.2. The molecule has 5 heteroatoms. The molecule has 0 radical (unpaired) electrons. The number of benzene rings is 2. The van der Waals surface area contributed by atoms with Gasteiger partial charge in [-0.3, -0.25) is 0 Å². The van der Waals surface area contributed by atoms with Crippen LogP contribution in [-0.2, 0) is 11.2 Å². The number of carbonyl (C=O) groups excluding carboxylic acids is 1. The summed E-state index contributed by atoms with van der Waals surface area (Å²) in [6.07, 6.45) is 0.376. The summed E-state index contributed by atoms with van der Waals surface area (Å²) in [5, 5.41) is 12.1. The van der Waals surface area contributed by atoms with Crippen molar-refractivity contribution in [3.8, 4) is 0 Å².